The predicted octanol–water partition coefficient (Wildman–Crippen LogP) is 4.62. The molecular formula is C16H11F3N2. The van der Waals surface area contributed by atoms with Crippen LogP contribution in [0, 0.1) is 6.92 Å². The van der Waals surface area contributed by atoms with Crippen molar-refractivity contribution in [2.75, 3.05) is 0 Å². The quantitative estimate of drug-likeness (QED) is 0.652. The Balaban J connectivity index is 2.12. The summed E-state index contributed by atoms with van der Waals surface area (Å²) in [6.07, 6.45) is -2.87. The number of benzene rings is 2. The SMILES string of the molecule is Cc1ccccc1-c1cnc2cc(C(F)(F)F)ccc2n1. The topological polar surface area (TPSA) is 25.8 Å². The third-order valence-electron chi connectivity index (χ3n) is 3.29. The number of halogens is 3. The number of aryl methyl sites for hydroxylation is 1. The minimum Gasteiger partial charge on any atom is -0.252 e. The molecule has 0 unspecified atom stereocenters. The van der Waals surface area contributed by atoms with Gasteiger partial charge in [-0.2, -0.15) is 13.2 Å². The van der Waals surface area contributed by atoms with Gasteiger partial charge in [0, 0.05) is 5.56 Å². The molecule has 3 rings (SSSR count). The normalized spacial score (nSPS) is 11.8. The van der Waals surface area contributed by atoms with E-state index in [-0.39, 0.29) is 5.52 Å². The van der Waals surface area contributed by atoms with Crippen molar-refractivity contribution >= 4 is 11.0 Å². The molecule has 0 saturated carbocycles. The molecule has 0 saturated heterocycles. The molecule has 21 heavy (non-hydrogen) atoms. The number of fused-ring (bicyclic) bond motifs is 1. The van der Waals surface area contributed by atoms with Gasteiger partial charge in [0.25, 0.3) is 0 Å². The summed E-state index contributed by atoms with van der Waals surface area (Å²) in [6.45, 7) is 1.95. The molecule has 1 aromatic heterocycles. The van der Waals surface area contributed by atoms with Crippen molar-refractivity contribution in [3.63, 3.8) is 0 Å². The number of rotatable bonds is 1. The van der Waals surface area contributed by atoms with Gasteiger partial charge in [-0.3, -0.25) is 4.98 Å². The lowest BCUT2D eigenvalue weighted by molar-refractivity contribution is -0.137. The summed E-state index contributed by atoms with van der Waals surface area (Å²) in [5, 5.41) is 0. The Labute approximate surface area is 119 Å². The molecule has 2 nitrogen and oxygen atoms in total. The molecule has 106 valence electrons. The number of hydrogen-bond acceptors (Lipinski definition) is 2. The second-order valence-corrected chi connectivity index (χ2v) is 4.77. The van der Waals surface area contributed by atoms with Crippen LogP contribution in [0.1, 0.15) is 11.1 Å². The molecular weight excluding hydrogens is 277 g/mol. The zero-order valence-electron chi connectivity index (χ0n) is 11.1. The largest absolute Gasteiger partial charge is 0.416 e. The van der Waals surface area contributed by atoms with Crippen LogP contribution in [0.15, 0.2) is 48.7 Å². The molecule has 0 bridgehead atoms. The molecule has 0 aliphatic heterocycles. The Morgan fingerprint density at radius 3 is 2.43 bits per heavy atom. The second-order valence-electron chi connectivity index (χ2n) is 4.77. The number of alkyl halides is 3. The van der Waals surface area contributed by atoms with Gasteiger partial charge in [-0.1, -0.05) is 24.3 Å². The van der Waals surface area contributed by atoms with Crippen LogP contribution in [0.2, 0.25) is 0 Å². The van der Waals surface area contributed by atoms with Crippen molar-refractivity contribution in [2.45, 2.75) is 13.1 Å². The average molecular weight is 288 g/mol. The van der Waals surface area contributed by atoms with Crippen LogP contribution in [0.4, 0.5) is 13.2 Å². The highest BCUT2D eigenvalue weighted by Gasteiger charge is 2.30. The predicted molar refractivity (Wildman–Crippen MR) is 74.7 cm³/mol. The Kier molecular flexibility index (Phi) is 3.12. The lowest BCUT2D eigenvalue weighted by Crippen LogP contribution is -2.04. The minimum absolute atomic E-state index is 0.238. The van der Waals surface area contributed by atoms with Crippen molar-refractivity contribution in [3.8, 4) is 11.3 Å². The highest BCUT2D eigenvalue weighted by Crippen LogP contribution is 2.31. The van der Waals surface area contributed by atoms with E-state index in [1.165, 1.54) is 12.3 Å². The average Bonchev–Trinajstić information content (AvgIpc) is 2.46. The Bertz CT molecular complexity index is 810. The Hall–Kier alpha value is -2.43. The third kappa shape index (κ3) is 2.59. The number of nitrogens with zero attached hydrogens (tertiary/aromatic N) is 2. The first-order chi connectivity index (χ1) is 9.95. The molecule has 0 fully saturated rings. The van der Waals surface area contributed by atoms with Gasteiger partial charge in [-0.25, -0.2) is 4.98 Å². The molecule has 0 N–H and O–H groups in total. The molecule has 2 aromatic carbocycles. The van der Waals surface area contributed by atoms with Crippen molar-refractivity contribution < 1.29 is 13.2 Å². The molecule has 0 radical (unpaired) electrons. The maximum atomic E-state index is 12.7. The molecule has 0 amide bonds. The fraction of sp³-hybridized carbons (Fsp3) is 0.125. The van der Waals surface area contributed by atoms with Crippen LogP contribution in [-0.4, -0.2) is 9.97 Å². The first-order valence-corrected chi connectivity index (χ1v) is 6.35. The minimum atomic E-state index is -4.37. The van der Waals surface area contributed by atoms with Crippen molar-refractivity contribution in [3.05, 3.63) is 59.8 Å². The van der Waals surface area contributed by atoms with Crippen LogP contribution >= 0.6 is 0 Å². The first kappa shape index (κ1) is 13.5. The third-order valence-corrected chi connectivity index (χ3v) is 3.29. The lowest BCUT2D eigenvalue weighted by Gasteiger charge is -2.08. The molecule has 0 aliphatic carbocycles. The van der Waals surface area contributed by atoms with Gasteiger partial charge in [-0.05, 0) is 30.7 Å². The van der Waals surface area contributed by atoms with E-state index in [1.807, 2.05) is 31.2 Å². The van der Waals surface area contributed by atoms with Crippen LogP contribution in [0.3, 0.4) is 0 Å². The second kappa shape index (κ2) is 4.84. The van der Waals surface area contributed by atoms with E-state index < -0.39 is 11.7 Å². The van der Waals surface area contributed by atoms with Crippen molar-refractivity contribution in [1.29, 1.82) is 0 Å². The number of aromatic nitrogens is 2. The summed E-state index contributed by atoms with van der Waals surface area (Å²) in [7, 11) is 0. The van der Waals surface area contributed by atoms with E-state index in [4.69, 9.17) is 0 Å². The molecule has 1 heterocycles. The molecule has 0 aliphatic rings. The van der Waals surface area contributed by atoms with Crippen LogP contribution < -0.4 is 0 Å². The summed E-state index contributed by atoms with van der Waals surface area (Å²) in [5.41, 5.74) is 2.59. The fourth-order valence-corrected chi connectivity index (χ4v) is 2.18. The summed E-state index contributed by atoms with van der Waals surface area (Å²) >= 11 is 0. The van der Waals surface area contributed by atoms with E-state index in [9.17, 15) is 13.2 Å². The summed E-state index contributed by atoms with van der Waals surface area (Å²) < 4.78 is 38.0. The fourth-order valence-electron chi connectivity index (χ4n) is 2.18. The van der Waals surface area contributed by atoms with Gasteiger partial charge in [0.2, 0.25) is 0 Å². The maximum absolute atomic E-state index is 12.7. The number of hydrogen-bond donors (Lipinski definition) is 0. The highest BCUT2D eigenvalue weighted by atomic mass is 19.4. The van der Waals surface area contributed by atoms with Gasteiger partial charge < -0.3 is 0 Å². The Morgan fingerprint density at radius 2 is 1.71 bits per heavy atom. The standard InChI is InChI=1S/C16H11F3N2/c1-10-4-2-3-5-12(10)15-9-20-14-8-11(16(17,18)19)6-7-13(14)21-15/h2-9H,1H3. The molecule has 5 heteroatoms. The summed E-state index contributed by atoms with van der Waals surface area (Å²) in [6, 6.07) is 11.1. The van der Waals surface area contributed by atoms with Gasteiger partial charge >= 0.3 is 6.18 Å². The zero-order valence-corrected chi connectivity index (χ0v) is 11.1. The van der Waals surface area contributed by atoms with E-state index >= 15 is 0 Å². The summed E-state index contributed by atoms with van der Waals surface area (Å²) in [4.78, 5) is 8.51. The van der Waals surface area contributed by atoms with Crippen LogP contribution in [0.5, 0.6) is 0 Å². The monoisotopic (exact) mass is 288 g/mol. The van der Waals surface area contributed by atoms with E-state index in [1.54, 1.807) is 0 Å². The van der Waals surface area contributed by atoms with Gasteiger partial charge in [0.05, 0.1) is 28.5 Å². The molecule has 3 aromatic rings. The van der Waals surface area contributed by atoms with E-state index in [0.29, 0.717) is 11.2 Å². The van der Waals surface area contributed by atoms with Crippen molar-refractivity contribution in [1.82, 2.24) is 9.97 Å². The molecule has 0 atom stereocenters. The van der Waals surface area contributed by atoms with Crippen LogP contribution in [0.25, 0.3) is 22.3 Å². The van der Waals surface area contributed by atoms with E-state index in [0.717, 1.165) is 23.3 Å². The summed E-state index contributed by atoms with van der Waals surface area (Å²) in [5.74, 6) is 0. The Morgan fingerprint density at radius 1 is 0.952 bits per heavy atom. The van der Waals surface area contributed by atoms with Gasteiger partial charge in [0.1, 0.15) is 0 Å². The smallest absolute Gasteiger partial charge is 0.252 e. The lowest BCUT2D eigenvalue weighted by atomic mass is 10.1. The maximum Gasteiger partial charge on any atom is 0.416 e. The molecule has 0 spiro atoms. The van der Waals surface area contributed by atoms with E-state index in [2.05, 4.69) is 9.97 Å². The zero-order chi connectivity index (χ0) is 15.0. The highest BCUT2D eigenvalue weighted by molar-refractivity contribution is 5.78. The van der Waals surface area contributed by atoms with Gasteiger partial charge in [-0.15, -0.1) is 0 Å². The van der Waals surface area contributed by atoms with Crippen molar-refractivity contribution in [2.24, 2.45) is 0 Å². The van der Waals surface area contributed by atoms with Gasteiger partial charge in [0.15, 0.2) is 0 Å². The van der Waals surface area contributed by atoms with Crippen LogP contribution in [-0.2, 0) is 6.18 Å². The first-order valence-electron chi connectivity index (χ1n) is 6.35.